The van der Waals surface area contributed by atoms with Crippen molar-refractivity contribution >= 4 is 5.91 Å². The molecule has 2 aliphatic heterocycles. The van der Waals surface area contributed by atoms with Crippen LogP contribution < -0.4 is 5.32 Å². The molecule has 3 aliphatic rings. The van der Waals surface area contributed by atoms with E-state index in [2.05, 4.69) is 10.2 Å². The van der Waals surface area contributed by atoms with Crippen LogP contribution in [-0.2, 0) is 4.79 Å². The fraction of sp³-hybridized carbons (Fsp3) is 0.923. The van der Waals surface area contributed by atoms with Gasteiger partial charge in [0.2, 0.25) is 5.91 Å². The standard InChI is InChI=1S/C13H22N2O2/c16-12-7-10-3-4-11(8-12)15(10)13(17)5-6-14-9-1-2-9/h9-12,14,16H,1-8H2. The first-order chi connectivity index (χ1) is 8.24. The fourth-order valence-electron chi connectivity index (χ4n) is 3.36. The summed E-state index contributed by atoms with van der Waals surface area (Å²) in [4.78, 5) is 14.2. The largest absolute Gasteiger partial charge is 0.393 e. The number of piperidine rings is 1. The van der Waals surface area contributed by atoms with Gasteiger partial charge in [-0.05, 0) is 38.5 Å². The molecule has 2 saturated heterocycles. The minimum atomic E-state index is -0.180. The van der Waals surface area contributed by atoms with Gasteiger partial charge in [-0.15, -0.1) is 0 Å². The molecule has 4 heteroatoms. The molecule has 2 bridgehead atoms. The molecule has 0 spiro atoms. The SMILES string of the molecule is O=C(CCNC1CC1)N1C2CCC1CC(O)C2. The number of carbonyl (C=O) groups is 1. The third-order valence-electron chi connectivity index (χ3n) is 4.35. The molecular weight excluding hydrogens is 216 g/mol. The molecule has 1 amide bonds. The molecule has 1 saturated carbocycles. The Morgan fingerprint density at radius 2 is 1.82 bits per heavy atom. The Morgan fingerprint density at radius 3 is 2.41 bits per heavy atom. The van der Waals surface area contributed by atoms with Gasteiger partial charge in [-0.1, -0.05) is 0 Å². The van der Waals surface area contributed by atoms with Crippen LogP contribution in [0.4, 0.5) is 0 Å². The minimum absolute atomic E-state index is 0.180. The number of aliphatic hydroxyl groups is 1. The molecule has 0 aromatic rings. The molecule has 1 aliphatic carbocycles. The summed E-state index contributed by atoms with van der Waals surface area (Å²) in [5.74, 6) is 0.289. The molecule has 0 aromatic heterocycles. The molecule has 3 fully saturated rings. The van der Waals surface area contributed by atoms with E-state index in [9.17, 15) is 9.90 Å². The summed E-state index contributed by atoms with van der Waals surface area (Å²) < 4.78 is 0. The van der Waals surface area contributed by atoms with E-state index in [1.165, 1.54) is 12.8 Å². The summed E-state index contributed by atoms with van der Waals surface area (Å²) in [5.41, 5.74) is 0. The van der Waals surface area contributed by atoms with Crippen molar-refractivity contribution in [3.63, 3.8) is 0 Å². The van der Waals surface area contributed by atoms with Gasteiger partial charge in [-0.25, -0.2) is 0 Å². The van der Waals surface area contributed by atoms with Crippen molar-refractivity contribution in [2.24, 2.45) is 0 Å². The number of fused-ring (bicyclic) bond motifs is 2. The number of amides is 1. The molecule has 0 radical (unpaired) electrons. The molecule has 17 heavy (non-hydrogen) atoms. The van der Waals surface area contributed by atoms with E-state index in [0.717, 1.165) is 32.2 Å². The highest BCUT2D eigenvalue weighted by molar-refractivity contribution is 5.77. The van der Waals surface area contributed by atoms with E-state index in [4.69, 9.17) is 0 Å². The summed E-state index contributed by atoms with van der Waals surface area (Å²) in [5, 5.41) is 13.1. The Bertz CT molecular complexity index is 290. The highest BCUT2D eigenvalue weighted by Crippen LogP contribution is 2.36. The van der Waals surface area contributed by atoms with Crippen LogP contribution in [0.1, 0.15) is 44.9 Å². The van der Waals surface area contributed by atoms with Gasteiger partial charge in [0.15, 0.2) is 0 Å². The maximum absolute atomic E-state index is 12.2. The summed E-state index contributed by atoms with van der Waals surface area (Å²) in [7, 11) is 0. The lowest BCUT2D eigenvalue weighted by Gasteiger charge is -2.37. The highest BCUT2D eigenvalue weighted by atomic mass is 16.3. The lowest BCUT2D eigenvalue weighted by atomic mass is 9.99. The average molecular weight is 238 g/mol. The molecule has 2 unspecified atom stereocenters. The number of nitrogens with zero attached hydrogens (tertiary/aromatic N) is 1. The molecule has 96 valence electrons. The van der Waals surface area contributed by atoms with Gasteiger partial charge >= 0.3 is 0 Å². The third kappa shape index (κ3) is 2.47. The van der Waals surface area contributed by atoms with Crippen LogP contribution in [0.3, 0.4) is 0 Å². The van der Waals surface area contributed by atoms with E-state index in [1.807, 2.05) is 0 Å². The summed E-state index contributed by atoms with van der Waals surface area (Å²) in [6, 6.07) is 1.32. The van der Waals surface area contributed by atoms with Crippen LogP contribution in [-0.4, -0.2) is 46.7 Å². The van der Waals surface area contributed by atoms with Crippen molar-refractivity contribution in [2.45, 2.75) is 69.2 Å². The van der Waals surface area contributed by atoms with E-state index in [0.29, 0.717) is 24.5 Å². The van der Waals surface area contributed by atoms with Gasteiger partial charge in [0, 0.05) is 31.1 Å². The van der Waals surface area contributed by atoms with Crippen LogP contribution in [0, 0.1) is 0 Å². The highest BCUT2D eigenvalue weighted by Gasteiger charge is 2.42. The summed E-state index contributed by atoms with van der Waals surface area (Å²) >= 11 is 0. The van der Waals surface area contributed by atoms with Crippen LogP contribution in [0.2, 0.25) is 0 Å². The third-order valence-corrected chi connectivity index (χ3v) is 4.35. The molecule has 2 N–H and O–H groups in total. The first-order valence-electron chi connectivity index (χ1n) is 6.96. The molecular formula is C13H22N2O2. The van der Waals surface area contributed by atoms with Crippen molar-refractivity contribution in [2.75, 3.05) is 6.54 Å². The Balaban J connectivity index is 1.51. The zero-order valence-electron chi connectivity index (χ0n) is 10.3. The minimum Gasteiger partial charge on any atom is -0.393 e. The zero-order valence-corrected chi connectivity index (χ0v) is 10.3. The van der Waals surface area contributed by atoms with Crippen LogP contribution in [0.25, 0.3) is 0 Å². The van der Waals surface area contributed by atoms with Gasteiger partial charge in [0.05, 0.1) is 6.10 Å². The van der Waals surface area contributed by atoms with Crippen molar-refractivity contribution in [1.82, 2.24) is 10.2 Å². The number of carbonyl (C=O) groups excluding carboxylic acids is 1. The Kier molecular flexibility index (Phi) is 3.09. The van der Waals surface area contributed by atoms with Crippen molar-refractivity contribution in [1.29, 1.82) is 0 Å². The van der Waals surface area contributed by atoms with Gasteiger partial charge in [-0.2, -0.15) is 0 Å². The lowest BCUT2D eigenvalue weighted by molar-refractivity contribution is -0.137. The maximum atomic E-state index is 12.2. The number of hydrogen-bond donors (Lipinski definition) is 2. The summed E-state index contributed by atoms with van der Waals surface area (Å²) in [6.45, 7) is 0.821. The van der Waals surface area contributed by atoms with Crippen molar-refractivity contribution < 1.29 is 9.90 Å². The molecule has 2 atom stereocenters. The Morgan fingerprint density at radius 1 is 1.18 bits per heavy atom. The summed E-state index contributed by atoms with van der Waals surface area (Å²) in [6.07, 6.45) is 6.75. The van der Waals surface area contributed by atoms with Crippen molar-refractivity contribution in [3.05, 3.63) is 0 Å². The predicted molar refractivity (Wildman–Crippen MR) is 64.5 cm³/mol. The monoisotopic (exact) mass is 238 g/mol. The lowest BCUT2D eigenvalue weighted by Crippen LogP contribution is -2.48. The quantitative estimate of drug-likeness (QED) is 0.756. The molecule has 3 rings (SSSR count). The van der Waals surface area contributed by atoms with E-state index < -0.39 is 0 Å². The zero-order chi connectivity index (χ0) is 11.8. The predicted octanol–water partition coefficient (Wildman–Crippen LogP) is 0.643. The van der Waals surface area contributed by atoms with E-state index in [1.54, 1.807) is 0 Å². The number of nitrogens with one attached hydrogen (secondary N) is 1. The second kappa shape index (κ2) is 4.58. The second-order valence-electron chi connectivity index (χ2n) is 5.79. The van der Waals surface area contributed by atoms with Gasteiger partial charge < -0.3 is 15.3 Å². The van der Waals surface area contributed by atoms with Crippen LogP contribution >= 0.6 is 0 Å². The number of rotatable bonds is 4. The first kappa shape index (κ1) is 11.5. The number of hydrogen-bond acceptors (Lipinski definition) is 3. The number of aliphatic hydroxyl groups excluding tert-OH is 1. The topological polar surface area (TPSA) is 52.6 Å². The van der Waals surface area contributed by atoms with Crippen molar-refractivity contribution in [3.8, 4) is 0 Å². The van der Waals surface area contributed by atoms with Crippen LogP contribution in [0.5, 0.6) is 0 Å². The molecule has 4 nitrogen and oxygen atoms in total. The van der Waals surface area contributed by atoms with Crippen LogP contribution in [0.15, 0.2) is 0 Å². The van der Waals surface area contributed by atoms with Gasteiger partial charge in [-0.3, -0.25) is 4.79 Å². The molecule has 0 aromatic carbocycles. The molecule has 2 heterocycles. The first-order valence-corrected chi connectivity index (χ1v) is 6.96. The van der Waals surface area contributed by atoms with Gasteiger partial charge in [0.25, 0.3) is 0 Å². The average Bonchev–Trinajstić information content (AvgIpc) is 3.05. The van der Waals surface area contributed by atoms with Gasteiger partial charge in [0.1, 0.15) is 0 Å². The van der Waals surface area contributed by atoms with E-state index >= 15 is 0 Å². The Labute approximate surface area is 102 Å². The Hall–Kier alpha value is -0.610. The normalized spacial score (nSPS) is 36.3. The smallest absolute Gasteiger partial charge is 0.224 e. The fourth-order valence-corrected chi connectivity index (χ4v) is 3.36. The van der Waals surface area contributed by atoms with E-state index in [-0.39, 0.29) is 12.0 Å². The second-order valence-corrected chi connectivity index (χ2v) is 5.79. The maximum Gasteiger partial charge on any atom is 0.224 e.